The third-order valence-corrected chi connectivity index (χ3v) is 5.91. The molecule has 35 heavy (non-hydrogen) atoms. The van der Waals surface area contributed by atoms with Crippen LogP contribution in [-0.4, -0.2) is 53.4 Å². The van der Waals surface area contributed by atoms with Crippen LogP contribution in [-0.2, 0) is 27.5 Å². The van der Waals surface area contributed by atoms with Gasteiger partial charge in [0.1, 0.15) is 24.4 Å². The van der Waals surface area contributed by atoms with Gasteiger partial charge in [0.2, 0.25) is 17.7 Å². The number of piperidine rings is 1. The maximum atomic E-state index is 12.9. The molecule has 4 amide bonds. The molecule has 0 radical (unpaired) electrons. The van der Waals surface area contributed by atoms with Crippen LogP contribution in [0.4, 0.5) is 0 Å². The van der Waals surface area contributed by atoms with Gasteiger partial charge in [0.15, 0.2) is 0 Å². The molecule has 180 valence electrons. The summed E-state index contributed by atoms with van der Waals surface area (Å²) in [5.74, 6) is -1.12. The van der Waals surface area contributed by atoms with Crippen molar-refractivity contribution in [1.82, 2.24) is 10.2 Å². The van der Waals surface area contributed by atoms with Crippen LogP contribution in [0.15, 0.2) is 52.6 Å². The molecule has 2 atom stereocenters. The first-order valence-electron chi connectivity index (χ1n) is 11.0. The van der Waals surface area contributed by atoms with Crippen LogP contribution >= 0.6 is 0 Å². The molecule has 11 nitrogen and oxygen atoms in total. The number of carbonyl (C=O) groups excluding carboxylic acids is 4. The maximum absolute atomic E-state index is 12.9. The number of carbonyl (C=O) groups is 4. The zero-order chi connectivity index (χ0) is 24.9. The molecule has 2 aliphatic rings. The fourth-order valence-corrected chi connectivity index (χ4v) is 4.03. The van der Waals surface area contributed by atoms with Crippen LogP contribution in [0.25, 0.3) is 0 Å². The smallest absolute Gasteiger partial charge is 0.255 e. The van der Waals surface area contributed by atoms with Crippen molar-refractivity contribution < 1.29 is 23.9 Å². The number of nitrogens with one attached hydrogen (secondary N) is 2. The lowest BCUT2D eigenvalue weighted by molar-refractivity contribution is -0.137. The average molecular weight is 476 g/mol. The van der Waals surface area contributed by atoms with Crippen LogP contribution < -0.4 is 15.8 Å². The van der Waals surface area contributed by atoms with Crippen molar-refractivity contribution in [2.75, 3.05) is 6.54 Å². The highest BCUT2D eigenvalue weighted by molar-refractivity contribution is 6.05. The number of benzene rings is 2. The number of aliphatic imine (C=N–C) groups is 1. The summed E-state index contributed by atoms with van der Waals surface area (Å²) in [5, 5.41) is 5.46. The Kier molecular flexibility index (Phi) is 6.95. The number of primary amides is 1. The minimum Gasteiger partial charge on any atom is -0.489 e. The van der Waals surface area contributed by atoms with Gasteiger partial charge in [0.05, 0.1) is 13.1 Å². The Bertz CT molecular complexity index is 1210. The molecule has 0 spiro atoms. The minimum absolute atomic E-state index is 0.0946. The van der Waals surface area contributed by atoms with Gasteiger partial charge in [-0.1, -0.05) is 30.3 Å². The molecule has 0 aromatic heterocycles. The summed E-state index contributed by atoms with van der Waals surface area (Å²) in [6, 6.07) is 11.0. The summed E-state index contributed by atoms with van der Waals surface area (Å²) in [5.41, 5.74) is 14.9. The van der Waals surface area contributed by atoms with Crippen molar-refractivity contribution >= 4 is 29.8 Å². The Hall–Kier alpha value is -4.41. The molecule has 2 aliphatic heterocycles. The van der Waals surface area contributed by atoms with Gasteiger partial charge >= 0.3 is 0 Å². The number of fused-ring (bicyclic) bond motifs is 1. The lowest BCUT2D eigenvalue weighted by atomic mass is 10.0. The standard InChI is InChI=1S/C24H24N6O5/c25-22(32)18(11-28-26)27-10-14-4-6-15(7-5-14)13-35-20-3-1-2-16-17(20)12-30(24(16)34)19-8-9-21(31)29-23(19)33/h1-7,10,18-19,26H,8-9,11-13H2,(H2,25,32)(H,29,31,33). The van der Waals surface area contributed by atoms with E-state index >= 15 is 0 Å². The quantitative estimate of drug-likeness (QED) is 0.281. The molecule has 0 aliphatic carbocycles. The first kappa shape index (κ1) is 23.7. The van der Waals surface area contributed by atoms with E-state index in [4.69, 9.17) is 16.0 Å². The van der Waals surface area contributed by atoms with Crippen LogP contribution in [0.2, 0.25) is 0 Å². The number of ether oxygens (including phenoxy) is 1. The summed E-state index contributed by atoms with van der Waals surface area (Å²) >= 11 is 0. The summed E-state index contributed by atoms with van der Waals surface area (Å²) in [6.07, 6.45) is 2.00. The molecule has 4 N–H and O–H groups in total. The van der Waals surface area contributed by atoms with Crippen LogP contribution in [0.3, 0.4) is 0 Å². The van der Waals surface area contributed by atoms with E-state index in [-0.39, 0.29) is 37.9 Å². The van der Waals surface area contributed by atoms with Crippen molar-refractivity contribution in [3.05, 3.63) is 64.7 Å². The third-order valence-electron chi connectivity index (χ3n) is 5.91. The Morgan fingerprint density at radius 2 is 2.00 bits per heavy atom. The fraction of sp³-hybridized carbons (Fsp3) is 0.292. The van der Waals surface area contributed by atoms with E-state index in [9.17, 15) is 19.2 Å². The Balaban J connectivity index is 1.41. The van der Waals surface area contributed by atoms with E-state index < -0.39 is 23.9 Å². The molecule has 0 saturated carbocycles. The van der Waals surface area contributed by atoms with E-state index in [1.807, 2.05) is 24.3 Å². The highest BCUT2D eigenvalue weighted by Crippen LogP contribution is 2.33. The predicted molar refractivity (Wildman–Crippen MR) is 124 cm³/mol. The van der Waals surface area contributed by atoms with E-state index in [0.717, 1.165) is 11.1 Å². The summed E-state index contributed by atoms with van der Waals surface area (Å²) in [6.45, 7) is 0.391. The molecule has 11 heteroatoms. The molecule has 2 unspecified atom stereocenters. The zero-order valence-electron chi connectivity index (χ0n) is 18.8. The average Bonchev–Trinajstić information content (AvgIpc) is 3.17. The summed E-state index contributed by atoms with van der Waals surface area (Å²) in [7, 11) is 0. The third kappa shape index (κ3) is 5.24. The number of hydrogen-bond acceptors (Lipinski definition) is 8. The van der Waals surface area contributed by atoms with Gasteiger partial charge in [0, 0.05) is 23.8 Å². The van der Waals surface area contributed by atoms with E-state index in [0.29, 0.717) is 23.3 Å². The lowest BCUT2D eigenvalue weighted by Crippen LogP contribution is -2.52. The highest BCUT2D eigenvalue weighted by Gasteiger charge is 2.40. The second-order valence-electron chi connectivity index (χ2n) is 8.25. The van der Waals surface area contributed by atoms with Gasteiger partial charge in [-0.25, -0.2) is 5.53 Å². The predicted octanol–water partition coefficient (Wildman–Crippen LogP) is 1.33. The molecule has 4 rings (SSSR count). The van der Waals surface area contributed by atoms with Crippen LogP contribution in [0.5, 0.6) is 5.75 Å². The van der Waals surface area contributed by atoms with E-state index in [2.05, 4.69) is 15.4 Å². The molecule has 2 aromatic carbocycles. The number of imide groups is 1. The molecular weight excluding hydrogens is 452 g/mol. The van der Waals surface area contributed by atoms with Gasteiger partial charge in [0.25, 0.3) is 5.91 Å². The summed E-state index contributed by atoms with van der Waals surface area (Å²) in [4.78, 5) is 53.5. The van der Waals surface area contributed by atoms with E-state index in [1.165, 1.54) is 11.1 Å². The van der Waals surface area contributed by atoms with Gasteiger partial charge in [-0.05, 0) is 29.7 Å². The van der Waals surface area contributed by atoms with Gasteiger partial charge < -0.3 is 15.4 Å². The normalized spacial score (nSPS) is 18.3. The summed E-state index contributed by atoms with van der Waals surface area (Å²) < 4.78 is 6.00. The minimum atomic E-state index is -0.877. The molecule has 2 aromatic rings. The Morgan fingerprint density at radius 3 is 2.69 bits per heavy atom. The zero-order valence-corrected chi connectivity index (χ0v) is 18.8. The second-order valence-corrected chi connectivity index (χ2v) is 8.25. The number of nitrogens with zero attached hydrogens (tertiary/aromatic N) is 3. The largest absolute Gasteiger partial charge is 0.489 e. The SMILES string of the molecule is N=NCC(N=Cc1ccc(COc2cccc3c2CN(C2CCC(=O)NC2=O)C3=O)cc1)C(N)=O. The number of rotatable bonds is 9. The number of hydrogen-bond donors (Lipinski definition) is 3. The second kappa shape index (κ2) is 10.2. The number of nitrogens with two attached hydrogens (primary N) is 1. The van der Waals surface area contributed by atoms with Crippen molar-refractivity contribution in [3.63, 3.8) is 0 Å². The first-order valence-corrected chi connectivity index (χ1v) is 11.0. The van der Waals surface area contributed by atoms with Crippen LogP contribution in [0.1, 0.15) is 39.9 Å². The monoisotopic (exact) mass is 476 g/mol. The molecule has 1 fully saturated rings. The number of amides is 4. The first-order chi connectivity index (χ1) is 16.9. The Labute approximate surface area is 200 Å². The van der Waals surface area contributed by atoms with Crippen molar-refractivity contribution in [2.24, 2.45) is 15.8 Å². The van der Waals surface area contributed by atoms with Crippen molar-refractivity contribution in [3.8, 4) is 5.75 Å². The molecule has 2 heterocycles. The van der Waals surface area contributed by atoms with Gasteiger partial charge in [-0.15, -0.1) is 0 Å². The van der Waals surface area contributed by atoms with Crippen LogP contribution in [0, 0.1) is 5.53 Å². The molecular formula is C24H24N6O5. The van der Waals surface area contributed by atoms with E-state index in [1.54, 1.807) is 18.2 Å². The van der Waals surface area contributed by atoms with Crippen molar-refractivity contribution in [2.45, 2.75) is 38.1 Å². The molecule has 0 bridgehead atoms. The fourth-order valence-electron chi connectivity index (χ4n) is 4.03. The van der Waals surface area contributed by atoms with Crippen molar-refractivity contribution in [1.29, 1.82) is 5.53 Å². The van der Waals surface area contributed by atoms with Gasteiger partial charge in [-0.2, -0.15) is 5.11 Å². The Morgan fingerprint density at radius 1 is 1.23 bits per heavy atom. The lowest BCUT2D eigenvalue weighted by Gasteiger charge is -2.29. The van der Waals surface area contributed by atoms with Gasteiger partial charge in [-0.3, -0.25) is 29.5 Å². The maximum Gasteiger partial charge on any atom is 0.255 e. The topological polar surface area (TPSA) is 167 Å². The molecule has 1 saturated heterocycles. The highest BCUT2D eigenvalue weighted by atomic mass is 16.5.